The quantitative estimate of drug-likeness (QED) is 0.573. The number of nitrogens with one attached hydrogen (secondary N) is 1. The minimum atomic E-state index is 0.187. The Balaban J connectivity index is 2.30. The van der Waals surface area contributed by atoms with Gasteiger partial charge in [0.05, 0.1) is 13.1 Å². The Hall–Kier alpha value is -1.01. The van der Waals surface area contributed by atoms with Gasteiger partial charge in [0, 0.05) is 13.1 Å². The van der Waals surface area contributed by atoms with Crippen LogP contribution < -0.4 is 5.32 Å². The Kier molecular flexibility index (Phi) is 5.95. The van der Waals surface area contributed by atoms with Crippen LogP contribution in [0.25, 0.3) is 0 Å². The van der Waals surface area contributed by atoms with Gasteiger partial charge in [-0.2, -0.15) is 0 Å². The van der Waals surface area contributed by atoms with Crippen LogP contribution in [0.1, 0.15) is 32.6 Å². The number of carbonyl (C=O) groups excluding carboxylic acids is 1. The van der Waals surface area contributed by atoms with Gasteiger partial charge < -0.3 is 4.90 Å². The van der Waals surface area contributed by atoms with Gasteiger partial charge in [-0.05, 0) is 25.2 Å². The molecule has 0 radical (unpaired) electrons. The molecule has 1 aliphatic heterocycles. The molecule has 16 heavy (non-hydrogen) atoms. The molecule has 0 aliphatic carbocycles. The topological polar surface area (TPSA) is 32.3 Å². The highest BCUT2D eigenvalue weighted by atomic mass is 16.2. The first-order valence-corrected chi connectivity index (χ1v) is 6.19. The molecule has 1 atom stereocenters. The van der Waals surface area contributed by atoms with Crippen LogP contribution >= 0.6 is 0 Å². The van der Waals surface area contributed by atoms with Crippen molar-refractivity contribution < 1.29 is 4.79 Å². The van der Waals surface area contributed by atoms with Crippen molar-refractivity contribution in [2.75, 3.05) is 26.2 Å². The fraction of sp³-hybridized carbons (Fsp3) is 0.769. The number of terminal acetylenes is 1. The summed E-state index contributed by atoms with van der Waals surface area (Å²) in [6.07, 6.45) is 9.90. The van der Waals surface area contributed by atoms with E-state index in [1.54, 1.807) is 0 Å². The van der Waals surface area contributed by atoms with E-state index in [0.29, 0.717) is 13.1 Å². The maximum atomic E-state index is 11.8. The molecule has 3 heteroatoms. The van der Waals surface area contributed by atoms with Crippen LogP contribution in [-0.2, 0) is 4.79 Å². The molecule has 1 amide bonds. The summed E-state index contributed by atoms with van der Waals surface area (Å²) in [5, 5.41) is 2.95. The Bertz CT molecular complexity index is 257. The van der Waals surface area contributed by atoms with Crippen LogP contribution in [-0.4, -0.2) is 37.0 Å². The van der Waals surface area contributed by atoms with Crippen LogP contribution in [0.5, 0.6) is 0 Å². The third-order valence-electron chi connectivity index (χ3n) is 3.28. The lowest BCUT2D eigenvalue weighted by atomic mass is 9.98. The zero-order chi connectivity index (χ0) is 11.8. The molecule has 0 aromatic rings. The maximum absolute atomic E-state index is 11.8. The van der Waals surface area contributed by atoms with Crippen molar-refractivity contribution in [3.63, 3.8) is 0 Å². The summed E-state index contributed by atoms with van der Waals surface area (Å²) in [6.45, 7) is 4.90. The standard InChI is InChI=1S/C13H22N2O/c1-3-8-14-11-13(16)15-9-5-6-12(4-2)7-10-15/h1,12,14H,4-11H2,2H3. The van der Waals surface area contributed by atoms with E-state index in [4.69, 9.17) is 6.42 Å². The highest BCUT2D eigenvalue weighted by molar-refractivity contribution is 5.78. The van der Waals surface area contributed by atoms with Crippen molar-refractivity contribution in [1.29, 1.82) is 0 Å². The van der Waals surface area contributed by atoms with Crippen LogP contribution in [0.15, 0.2) is 0 Å². The number of likely N-dealkylation sites (tertiary alicyclic amines) is 1. The summed E-state index contributed by atoms with van der Waals surface area (Å²) in [7, 11) is 0. The van der Waals surface area contributed by atoms with Gasteiger partial charge in [-0.3, -0.25) is 10.1 Å². The van der Waals surface area contributed by atoms with Gasteiger partial charge in [-0.25, -0.2) is 0 Å². The number of nitrogens with zero attached hydrogens (tertiary/aromatic N) is 1. The average molecular weight is 222 g/mol. The molecule has 0 bridgehead atoms. The van der Waals surface area contributed by atoms with Gasteiger partial charge in [0.15, 0.2) is 0 Å². The first-order chi connectivity index (χ1) is 7.77. The van der Waals surface area contributed by atoms with E-state index in [9.17, 15) is 4.79 Å². The SMILES string of the molecule is C#CCNCC(=O)N1CCCC(CC)CC1. The van der Waals surface area contributed by atoms with Crippen molar-refractivity contribution in [3.05, 3.63) is 0 Å². The first-order valence-electron chi connectivity index (χ1n) is 6.19. The summed E-state index contributed by atoms with van der Waals surface area (Å²) in [4.78, 5) is 13.8. The molecule has 0 saturated carbocycles. The molecule has 1 rings (SSSR count). The highest BCUT2D eigenvalue weighted by Gasteiger charge is 2.18. The average Bonchev–Trinajstić information content (AvgIpc) is 2.54. The molecule has 1 N–H and O–H groups in total. The van der Waals surface area contributed by atoms with Crippen LogP contribution in [0.2, 0.25) is 0 Å². The second kappa shape index (κ2) is 7.29. The van der Waals surface area contributed by atoms with Crippen LogP contribution in [0, 0.1) is 18.3 Å². The highest BCUT2D eigenvalue weighted by Crippen LogP contribution is 2.19. The molecule has 1 saturated heterocycles. The van der Waals surface area contributed by atoms with E-state index >= 15 is 0 Å². The lowest BCUT2D eigenvalue weighted by molar-refractivity contribution is -0.130. The summed E-state index contributed by atoms with van der Waals surface area (Å²) in [5.41, 5.74) is 0. The van der Waals surface area contributed by atoms with Crippen molar-refractivity contribution >= 4 is 5.91 Å². The number of rotatable bonds is 4. The van der Waals surface area contributed by atoms with Gasteiger partial charge in [-0.15, -0.1) is 6.42 Å². The van der Waals surface area contributed by atoms with Gasteiger partial charge in [0.25, 0.3) is 0 Å². The van der Waals surface area contributed by atoms with E-state index in [1.165, 1.54) is 12.8 Å². The van der Waals surface area contributed by atoms with E-state index in [1.807, 2.05) is 4.90 Å². The minimum Gasteiger partial charge on any atom is -0.342 e. The summed E-state index contributed by atoms with van der Waals surface area (Å²) < 4.78 is 0. The molecule has 1 unspecified atom stereocenters. The normalized spacial score (nSPS) is 21.2. The summed E-state index contributed by atoms with van der Waals surface area (Å²) in [5.74, 6) is 3.46. The van der Waals surface area contributed by atoms with E-state index < -0.39 is 0 Å². The fourth-order valence-electron chi connectivity index (χ4n) is 2.18. The maximum Gasteiger partial charge on any atom is 0.236 e. The third-order valence-corrected chi connectivity index (χ3v) is 3.28. The lowest BCUT2D eigenvalue weighted by Gasteiger charge is -2.20. The Morgan fingerprint density at radius 1 is 1.50 bits per heavy atom. The number of carbonyl (C=O) groups is 1. The zero-order valence-electron chi connectivity index (χ0n) is 10.2. The largest absolute Gasteiger partial charge is 0.342 e. The van der Waals surface area contributed by atoms with Crippen LogP contribution in [0.3, 0.4) is 0 Å². The molecular weight excluding hydrogens is 200 g/mol. The smallest absolute Gasteiger partial charge is 0.236 e. The predicted octanol–water partition coefficient (Wildman–Crippen LogP) is 1.25. The van der Waals surface area contributed by atoms with Gasteiger partial charge >= 0.3 is 0 Å². The first kappa shape index (κ1) is 13.1. The van der Waals surface area contributed by atoms with Crippen LogP contribution in [0.4, 0.5) is 0 Å². The second-order valence-corrected chi connectivity index (χ2v) is 4.39. The number of amides is 1. The minimum absolute atomic E-state index is 0.187. The van der Waals surface area contributed by atoms with Gasteiger partial charge in [0.2, 0.25) is 5.91 Å². The van der Waals surface area contributed by atoms with E-state index in [-0.39, 0.29) is 5.91 Å². The third kappa shape index (κ3) is 4.24. The molecule has 0 aromatic carbocycles. The van der Waals surface area contributed by atoms with Crippen molar-refractivity contribution in [1.82, 2.24) is 10.2 Å². The number of hydrogen-bond acceptors (Lipinski definition) is 2. The van der Waals surface area contributed by atoms with Crippen molar-refractivity contribution in [3.8, 4) is 12.3 Å². The molecule has 0 spiro atoms. The monoisotopic (exact) mass is 222 g/mol. The molecular formula is C13H22N2O. The molecule has 0 aromatic heterocycles. The summed E-state index contributed by atoms with van der Waals surface area (Å²) in [6, 6.07) is 0. The number of hydrogen-bond donors (Lipinski definition) is 1. The molecule has 1 heterocycles. The van der Waals surface area contributed by atoms with Crippen molar-refractivity contribution in [2.45, 2.75) is 32.6 Å². The second-order valence-electron chi connectivity index (χ2n) is 4.39. The van der Waals surface area contributed by atoms with Gasteiger partial charge in [0.1, 0.15) is 0 Å². The van der Waals surface area contributed by atoms with E-state index in [0.717, 1.165) is 31.8 Å². The van der Waals surface area contributed by atoms with Gasteiger partial charge in [-0.1, -0.05) is 19.3 Å². The molecule has 3 nitrogen and oxygen atoms in total. The van der Waals surface area contributed by atoms with Crippen molar-refractivity contribution in [2.24, 2.45) is 5.92 Å². The Morgan fingerprint density at radius 2 is 2.31 bits per heavy atom. The predicted molar refractivity (Wildman–Crippen MR) is 65.9 cm³/mol. The Morgan fingerprint density at radius 3 is 3.00 bits per heavy atom. The fourth-order valence-corrected chi connectivity index (χ4v) is 2.18. The molecule has 1 fully saturated rings. The summed E-state index contributed by atoms with van der Waals surface area (Å²) >= 11 is 0. The Labute approximate surface area is 98.6 Å². The van der Waals surface area contributed by atoms with E-state index in [2.05, 4.69) is 18.2 Å². The molecule has 90 valence electrons. The molecule has 1 aliphatic rings. The zero-order valence-corrected chi connectivity index (χ0v) is 10.2. The lowest BCUT2D eigenvalue weighted by Crippen LogP contribution is -2.38.